The third-order valence-electron chi connectivity index (χ3n) is 4.18. The van der Waals surface area contributed by atoms with Gasteiger partial charge < -0.3 is 10.4 Å². The molecule has 1 aliphatic rings. The second-order valence-corrected chi connectivity index (χ2v) is 7.01. The minimum atomic E-state index is -0.822. The lowest BCUT2D eigenvalue weighted by Gasteiger charge is -2.22. The largest absolute Gasteiger partial charge is 0.481 e. The van der Waals surface area contributed by atoms with Crippen LogP contribution >= 0.6 is 0 Å². The van der Waals surface area contributed by atoms with Gasteiger partial charge in [0.25, 0.3) is 5.91 Å². The molecule has 1 fully saturated rings. The van der Waals surface area contributed by atoms with E-state index >= 15 is 0 Å². The van der Waals surface area contributed by atoms with Gasteiger partial charge in [-0.05, 0) is 33.6 Å². The first-order valence-electron chi connectivity index (χ1n) is 7.88. The molecule has 22 heavy (non-hydrogen) atoms. The van der Waals surface area contributed by atoms with E-state index in [1.165, 1.54) is 6.20 Å². The van der Waals surface area contributed by atoms with Crippen molar-refractivity contribution in [3.63, 3.8) is 0 Å². The summed E-state index contributed by atoms with van der Waals surface area (Å²) in [6.45, 7) is 6.02. The summed E-state index contributed by atoms with van der Waals surface area (Å²) in [7, 11) is 0. The topological polar surface area (TPSA) is 84.2 Å². The number of nitrogens with one attached hydrogen (secondary N) is 1. The summed E-state index contributed by atoms with van der Waals surface area (Å²) in [5, 5.41) is 16.5. The number of amides is 1. The molecule has 1 aliphatic carbocycles. The van der Waals surface area contributed by atoms with Gasteiger partial charge in [0.1, 0.15) is 0 Å². The van der Waals surface area contributed by atoms with Crippen LogP contribution in [0.5, 0.6) is 0 Å². The van der Waals surface area contributed by atoms with Gasteiger partial charge in [-0.2, -0.15) is 5.10 Å². The van der Waals surface area contributed by atoms with Crippen LogP contribution in [0, 0.1) is 5.92 Å². The Morgan fingerprint density at radius 2 is 1.95 bits per heavy atom. The molecule has 0 saturated heterocycles. The highest BCUT2D eigenvalue weighted by Crippen LogP contribution is 2.24. The van der Waals surface area contributed by atoms with Crippen LogP contribution in [0.15, 0.2) is 12.4 Å². The predicted octanol–water partition coefficient (Wildman–Crippen LogP) is 2.40. The molecule has 122 valence electrons. The smallest absolute Gasteiger partial charge is 0.308 e. The van der Waals surface area contributed by atoms with Gasteiger partial charge in [0.05, 0.1) is 23.2 Å². The number of hydrogen-bond donors (Lipinski definition) is 2. The quantitative estimate of drug-likeness (QED) is 0.840. The number of rotatable bonds is 3. The molecule has 2 N–H and O–H groups in total. The summed E-state index contributed by atoms with van der Waals surface area (Å²) in [5.74, 6) is -1.56. The first-order chi connectivity index (χ1) is 10.3. The Balaban J connectivity index is 2.09. The molecule has 1 amide bonds. The molecule has 0 radical (unpaired) electrons. The Morgan fingerprint density at radius 3 is 2.55 bits per heavy atom. The van der Waals surface area contributed by atoms with Crippen molar-refractivity contribution in [2.75, 3.05) is 0 Å². The lowest BCUT2D eigenvalue weighted by atomic mass is 9.94. The number of carbonyl (C=O) groups is 2. The minimum absolute atomic E-state index is 0.190. The van der Waals surface area contributed by atoms with Crippen LogP contribution in [0.1, 0.15) is 63.2 Å². The summed E-state index contributed by atoms with van der Waals surface area (Å²) < 4.78 is 1.74. The monoisotopic (exact) mass is 307 g/mol. The van der Waals surface area contributed by atoms with E-state index in [4.69, 9.17) is 0 Å². The van der Waals surface area contributed by atoms with Gasteiger partial charge in [-0.3, -0.25) is 14.3 Å². The number of carboxylic acids is 1. The summed E-state index contributed by atoms with van der Waals surface area (Å²) >= 11 is 0. The van der Waals surface area contributed by atoms with Crippen molar-refractivity contribution in [2.45, 2.75) is 64.5 Å². The van der Waals surface area contributed by atoms with Crippen molar-refractivity contribution >= 4 is 11.9 Å². The van der Waals surface area contributed by atoms with E-state index in [1.54, 1.807) is 10.9 Å². The molecule has 0 bridgehead atoms. The Hall–Kier alpha value is -1.85. The van der Waals surface area contributed by atoms with Crippen molar-refractivity contribution in [1.82, 2.24) is 15.1 Å². The zero-order chi connectivity index (χ0) is 16.3. The SMILES string of the molecule is CC(C)(C)n1cc(C(=O)N[C@H]2CCCCC[C@H]2C(=O)O)cn1. The molecule has 2 rings (SSSR count). The van der Waals surface area contributed by atoms with E-state index in [0.29, 0.717) is 12.0 Å². The van der Waals surface area contributed by atoms with Crippen LogP contribution in [0.3, 0.4) is 0 Å². The fourth-order valence-electron chi connectivity index (χ4n) is 2.83. The number of nitrogens with zero attached hydrogens (tertiary/aromatic N) is 2. The van der Waals surface area contributed by atoms with Gasteiger partial charge >= 0.3 is 5.97 Å². The molecule has 0 spiro atoms. The van der Waals surface area contributed by atoms with Crippen LogP contribution in [0.2, 0.25) is 0 Å². The van der Waals surface area contributed by atoms with E-state index in [2.05, 4.69) is 10.4 Å². The van der Waals surface area contributed by atoms with Crippen molar-refractivity contribution in [1.29, 1.82) is 0 Å². The van der Waals surface area contributed by atoms with Gasteiger partial charge in [-0.15, -0.1) is 0 Å². The van der Waals surface area contributed by atoms with Gasteiger partial charge in [-0.1, -0.05) is 19.3 Å². The maximum atomic E-state index is 12.4. The number of aliphatic carboxylic acids is 1. The lowest BCUT2D eigenvalue weighted by molar-refractivity contribution is -0.142. The fourth-order valence-corrected chi connectivity index (χ4v) is 2.83. The molecule has 0 aliphatic heterocycles. The van der Waals surface area contributed by atoms with Crippen LogP contribution in [-0.4, -0.2) is 32.8 Å². The van der Waals surface area contributed by atoms with Crippen LogP contribution in [-0.2, 0) is 10.3 Å². The number of carbonyl (C=O) groups excluding carboxylic acids is 1. The maximum absolute atomic E-state index is 12.4. The van der Waals surface area contributed by atoms with Gasteiger partial charge in [0.15, 0.2) is 0 Å². The highest BCUT2D eigenvalue weighted by Gasteiger charge is 2.31. The third-order valence-corrected chi connectivity index (χ3v) is 4.18. The lowest BCUT2D eigenvalue weighted by Crippen LogP contribution is -2.42. The highest BCUT2D eigenvalue weighted by atomic mass is 16.4. The molecular formula is C16H25N3O3. The third kappa shape index (κ3) is 3.87. The second-order valence-electron chi connectivity index (χ2n) is 7.01. The standard InChI is InChI=1S/C16H25N3O3/c1-16(2,3)19-10-11(9-17-19)14(20)18-13-8-6-4-5-7-12(13)15(21)22/h9-10,12-13H,4-8H2,1-3H3,(H,18,20)(H,21,22)/t12-,13+/m1/s1. The van der Waals surface area contributed by atoms with E-state index in [0.717, 1.165) is 25.7 Å². The van der Waals surface area contributed by atoms with Crippen molar-refractivity contribution < 1.29 is 14.7 Å². The van der Waals surface area contributed by atoms with Gasteiger partial charge in [0, 0.05) is 12.2 Å². The van der Waals surface area contributed by atoms with Crippen molar-refractivity contribution in [3.05, 3.63) is 18.0 Å². The Kier molecular flexibility index (Phi) is 4.88. The zero-order valence-corrected chi connectivity index (χ0v) is 13.5. The fraction of sp³-hybridized carbons (Fsp3) is 0.688. The average molecular weight is 307 g/mol. The molecule has 1 saturated carbocycles. The van der Waals surface area contributed by atoms with Crippen molar-refractivity contribution in [2.24, 2.45) is 5.92 Å². The average Bonchev–Trinajstić information content (AvgIpc) is 2.81. The highest BCUT2D eigenvalue weighted by molar-refractivity contribution is 5.94. The Labute approximate surface area is 130 Å². The van der Waals surface area contributed by atoms with E-state index in [9.17, 15) is 14.7 Å². The summed E-state index contributed by atoms with van der Waals surface area (Å²) in [4.78, 5) is 23.8. The Bertz CT molecular complexity index is 545. The van der Waals surface area contributed by atoms with Crippen LogP contribution < -0.4 is 5.32 Å². The van der Waals surface area contributed by atoms with Crippen LogP contribution in [0.4, 0.5) is 0 Å². The summed E-state index contributed by atoms with van der Waals surface area (Å²) in [6, 6.07) is -0.300. The summed E-state index contributed by atoms with van der Waals surface area (Å²) in [6.07, 6.45) is 7.48. The maximum Gasteiger partial charge on any atom is 0.308 e. The molecule has 6 heteroatoms. The molecule has 1 heterocycles. The summed E-state index contributed by atoms with van der Waals surface area (Å²) in [5.41, 5.74) is 0.285. The molecule has 1 aromatic heterocycles. The number of aromatic nitrogens is 2. The second kappa shape index (κ2) is 6.50. The number of hydrogen-bond acceptors (Lipinski definition) is 3. The molecule has 0 unspecified atom stereocenters. The first kappa shape index (κ1) is 16.5. The molecule has 6 nitrogen and oxygen atoms in total. The normalized spacial score (nSPS) is 22.9. The van der Waals surface area contributed by atoms with Gasteiger partial charge in [0.2, 0.25) is 0 Å². The van der Waals surface area contributed by atoms with Crippen LogP contribution in [0.25, 0.3) is 0 Å². The van der Waals surface area contributed by atoms with Crippen molar-refractivity contribution in [3.8, 4) is 0 Å². The predicted molar refractivity (Wildman–Crippen MR) is 82.7 cm³/mol. The minimum Gasteiger partial charge on any atom is -0.481 e. The molecule has 2 atom stereocenters. The zero-order valence-electron chi connectivity index (χ0n) is 13.5. The molecular weight excluding hydrogens is 282 g/mol. The first-order valence-corrected chi connectivity index (χ1v) is 7.88. The number of carboxylic acid groups (broad SMARTS) is 1. The van der Waals surface area contributed by atoms with E-state index in [1.807, 2.05) is 20.8 Å². The Morgan fingerprint density at radius 1 is 1.27 bits per heavy atom. The molecule has 0 aromatic carbocycles. The van der Waals surface area contributed by atoms with E-state index in [-0.39, 0.29) is 17.5 Å². The van der Waals surface area contributed by atoms with Gasteiger partial charge in [-0.25, -0.2) is 0 Å². The molecule has 1 aromatic rings. The van der Waals surface area contributed by atoms with E-state index < -0.39 is 11.9 Å².